The first kappa shape index (κ1) is 35.7. The van der Waals surface area contributed by atoms with Crippen LogP contribution in [-0.4, -0.2) is 143 Å². The lowest BCUT2D eigenvalue weighted by Crippen LogP contribution is -2.64. The van der Waals surface area contributed by atoms with Crippen molar-refractivity contribution in [2.24, 2.45) is 0 Å². The SMILES string of the molecule is CCCCCCCCCC(C)OCCOCCO[C@H]1O[C@H](CO)[C@@H](O[C@@H]2O[C@H](CO)[C@H](O)[C@H](O)[C@H]2O)[C@H](O)[C@H]1O. The van der Waals surface area contributed by atoms with Gasteiger partial charge >= 0.3 is 0 Å². The molecule has 2 rings (SSSR count). The number of ether oxygens (including phenoxy) is 6. The van der Waals surface area contributed by atoms with Gasteiger partial charge in [0.25, 0.3) is 0 Å². The van der Waals surface area contributed by atoms with E-state index in [0.717, 1.165) is 12.8 Å². The molecule has 13 nitrogen and oxygen atoms in total. The third kappa shape index (κ3) is 11.3. The number of unbranched alkanes of at least 4 members (excludes halogenated alkanes) is 6. The fraction of sp³-hybridized carbons (Fsp3) is 1.00. The largest absolute Gasteiger partial charge is 0.394 e. The first-order valence-corrected chi connectivity index (χ1v) is 14.6. The summed E-state index contributed by atoms with van der Waals surface area (Å²) in [7, 11) is 0. The fourth-order valence-corrected chi connectivity index (χ4v) is 4.80. The molecule has 0 aromatic carbocycles. The second-order valence-electron chi connectivity index (χ2n) is 10.6. The minimum absolute atomic E-state index is 0.0401. The van der Waals surface area contributed by atoms with Gasteiger partial charge in [-0.25, -0.2) is 0 Å². The van der Waals surface area contributed by atoms with Crippen LogP contribution in [0.2, 0.25) is 0 Å². The van der Waals surface area contributed by atoms with Gasteiger partial charge in [0.05, 0.1) is 45.7 Å². The van der Waals surface area contributed by atoms with E-state index in [4.69, 9.17) is 28.4 Å². The Morgan fingerprint density at radius 3 is 1.93 bits per heavy atom. The molecule has 0 amide bonds. The molecule has 7 N–H and O–H groups in total. The summed E-state index contributed by atoms with van der Waals surface area (Å²) in [6, 6.07) is 0. The van der Waals surface area contributed by atoms with Crippen LogP contribution in [0.3, 0.4) is 0 Å². The second kappa shape index (κ2) is 19.6. The summed E-state index contributed by atoms with van der Waals surface area (Å²) in [5, 5.41) is 70.3. The summed E-state index contributed by atoms with van der Waals surface area (Å²) in [5.41, 5.74) is 0. The predicted molar refractivity (Wildman–Crippen MR) is 141 cm³/mol. The second-order valence-corrected chi connectivity index (χ2v) is 10.6. The maximum absolute atomic E-state index is 10.6. The lowest BCUT2D eigenvalue weighted by molar-refractivity contribution is -0.359. The van der Waals surface area contributed by atoms with Crippen molar-refractivity contribution in [1.82, 2.24) is 0 Å². The highest BCUT2D eigenvalue weighted by Crippen LogP contribution is 2.29. The van der Waals surface area contributed by atoms with Crippen molar-refractivity contribution in [2.75, 3.05) is 39.6 Å². The fourth-order valence-electron chi connectivity index (χ4n) is 4.80. The van der Waals surface area contributed by atoms with Gasteiger partial charge in [-0.05, 0) is 13.3 Å². The van der Waals surface area contributed by atoms with Crippen LogP contribution >= 0.6 is 0 Å². The van der Waals surface area contributed by atoms with Crippen molar-refractivity contribution in [3.8, 4) is 0 Å². The van der Waals surface area contributed by atoms with Crippen LogP contribution in [0.5, 0.6) is 0 Å². The Hall–Kier alpha value is -0.520. The van der Waals surface area contributed by atoms with Crippen molar-refractivity contribution in [3.63, 3.8) is 0 Å². The van der Waals surface area contributed by atoms with Crippen molar-refractivity contribution in [2.45, 2.75) is 133 Å². The normalized spacial score (nSPS) is 35.6. The van der Waals surface area contributed by atoms with E-state index in [0.29, 0.717) is 13.2 Å². The molecule has 13 heteroatoms. The first-order valence-electron chi connectivity index (χ1n) is 14.6. The molecule has 0 saturated carbocycles. The van der Waals surface area contributed by atoms with E-state index in [1.54, 1.807) is 0 Å². The lowest BCUT2D eigenvalue weighted by Gasteiger charge is -2.45. The van der Waals surface area contributed by atoms with Gasteiger partial charge in [0.2, 0.25) is 0 Å². The van der Waals surface area contributed by atoms with Gasteiger partial charge in [-0.2, -0.15) is 0 Å². The third-order valence-electron chi connectivity index (χ3n) is 7.31. The molecule has 2 fully saturated rings. The van der Waals surface area contributed by atoms with Crippen LogP contribution in [0, 0.1) is 0 Å². The monoisotopic (exact) mass is 584 g/mol. The quantitative estimate of drug-likeness (QED) is 0.0878. The highest BCUT2D eigenvalue weighted by atomic mass is 16.7. The summed E-state index contributed by atoms with van der Waals surface area (Å²) < 4.78 is 33.2. The number of aliphatic hydroxyl groups excluding tert-OH is 7. The zero-order valence-electron chi connectivity index (χ0n) is 23.8. The summed E-state index contributed by atoms with van der Waals surface area (Å²) in [6.45, 7) is 4.03. The molecule has 2 saturated heterocycles. The molecule has 238 valence electrons. The standard InChI is InChI=1S/C27H52O13/c1-3-4-5-6-7-8-9-10-17(2)36-13-11-35-12-14-37-26-24(34)22(32)25(19(16-29)39-26)40-27-23(33)21(31)20(30)18(15-28)38-27/h17-34H,3-16H2,1-2H3/t17?,18-,19-,20+,21+,22-,23-,24-,25-,26+,27+/m1/s1. The molecule has 0 radical (unpaired) electrons. The molecule has 2 aliphatic rings. The van der Waals surface area contributed by atoms with Crippen LogP contribution in [0.15, 0.2) is 0 Å². The predicted octanol–water partition coefficient (Wildman–Crippen LogP) is -0.810. The summed E-state index contributed by atoms with van der Waals surface area (Å²) in [5.74, 6) is 0. The molecule has 40 heavy (non-hydrogen) atoms. The first-order chi connectivity index (χ1) is 19.2. The van der Waals surface area contributed by atoms with E-state index in [9.17, 15) is 35.7 Å². The Morgan fingerprint density at radius 2 is 1.25 bits per heavy atom. The van der Waals surface area contributed by atoms with E-state index in [1.807, 2.05) is 0 Å². The molecule has 0 aliphatic carbocycles. The lowest BCUT2D eigenvalue weighted by atomic mass is 9.97. The number of hydrogen-bond donors (Lipinski definition) is 7. The maximum Gasteiger partial charge on any atom is 0.187 e. The molecule has 11 atom stereocenters. The Balaban J connectivity index is 1.64. The van der Waals surface area contributed by atoms with Crippen molar-refractivity contribution in [3.05, 3.63) is 0 Å². The average molecular weight is 585 g/mol. The smallest absolute Gasteiger partial charge is 0.187 e. The molecular formula is C27H52O13. The van der Waals surface area contributed by atoms with E-state index in [2.05, 4.69) is 13.8 Å². The van der Waals surface area contributed by atoms with Gasteiger partial charge in [-0.15, -0.1) is 0 Å². The van der Waals surface area contributed by atoms with Crippen molar-refractivity contribution >= 4 is 0 Å². The number of rotatable bonds is 20. The van der Waals surface area contributed by atoms with Crippen molar-refractivity contribution < 1.29 is 64.2 Å². The van der Waals surface area contributed by atoms with Gasteiger partial charge in [0.1, 0.15) is 48.8 Å². The molecule has 1 unspecified atom stereocenters. The third-order valence-corrected chi connectivity index (χ3v) is 7.31. The zero-order chi connectivity index (χ0) is 29.5. The van der Waals surface area contributed by atoms with E-state index in [-0.39, 0.29) is 19.3 Å². The molecule has 2 heterocycles. The topological polar surface area (TPSA) is 197 Å². The Morgan fingerprint density at radius 1 is 0.650 bits per heavy atom. The molecule has 0 aromatic heterocycles. The Labute approximate surface area is 236 Å². The van der Waals surface area contributed by atoms with Crippen LogP contribution < -0.4 is 0 Å². The summed E-state index contributed by atoms with van der Waals surface area (Å²) in [4.78, 5) is 0. The molecule has 2 aliphatic heterocycles. The number of aliphatic hydroxyl groups is 7. The average Bonchev–Trinajstić information content (AvgIpc) is 2.95. The summed E-state index contributed by atoms with van der Waals surface area (Å²) in [6.07, 6.45) is -4.80. The summed E-state index contributed by atoms with van der Waals surface area (Å²) >= 11 is 0. The Bertz CT molecular complexity index is 640. The van der Waals surface area contributed by atoms with Crippen LogP contribution in [0.4, 0.5) is 0 Å². The van der Waals surface area contributed by atoms with Gasteiger partial charge in [-0.3, -0.25) is 0 Å². The molecular weight excluding hydrogens is 532 g/mol. The highest BCUT2D eigenvalue weighted by molar-refractivity contribution is 4.94. The number of hydrogen-bond acceptors (Lipinski definition) is 13. The van der Waals surface area contributed by atoms with Gasteiger partial charge in [-0.1, -0.05) is 51.9 Å². The van der Waals surface area contributed by atoms with E-state index < -0.39 is 74.6 Å². The van der Waals surface area contributed by atoms with E-state index in [1.165, 1.54) is 38.5 Å². The van der Waals surface area contributed by atoms with Crippen LogP contribution in [0.1, 0.15) is 65.2 Å². The zero-order valence-corrected chi connectivity index (χ0v) is 23.8. The van der Waals surface area contributed by atoms with E-state index >= 15 is 0 Å². The minimum Gasteiger partial charge on any atom is -0.394 e. The molecule has 0 bridgehead atoms. The molecule has 0 spiro atoms. The maximum atomic E-state index is 10.6. The van der Waals surface area contributed by atoms with Crippen LogP contribution in [-0.2, 0) is 28.4 Å². The highest BCUT2D eigenvalue weighted by Gasteiger charge is 2.50. The van der Waals surface area contributed by atoms with Crippen molar-refractivity contribution in [1.29, 1.82) is 0 Å². The minimum atomic E-state index is -1.72. The van der Waals surface area contributed by atoms with Gasteiger partial charge in [0, 0.05) is 0 Å². The Kier molecular flexibility index (Phi) is 17.5. The van der Waals surface area contributed by atoms with Gasteiger partial charge in [0.15, 0.2) is 12.6 Å². The van der Waals surface area contributed by atoms with Gasteiger partial charge < -0.3 is 64.2 Å². The van der Waals surface area contributed by atoms with Crippen LogP contribution in [0.25, 0.3) is 0 Å². The molecule has 0 aromatic rings.